The predicted molar refractivity (Wildman–Crippen MR) is 128 cm³/mol. The van der Waals surface area contributed by atoms with Gasteiger partial charge in [0.15, 0.2) is 16.7 Å². The number of imidazole rings is 1. The van der Waals surface area contributed by atoms with Crippen molar-refractivity contribution < 1.29 is 14.3 Å². The summed E-state index contributed by atoms with van der Waals surface area (Å²) >= 11 is 1.56. The van der Waals surface area contributed by atoms with Crippen molar-refractivity contribution in [3.63, 3.8) is 0 Å². The zero-order chi connectivity index (χ0) is 23.0. The molecule has 2 aromatic heterocycles. The van der Waals surface area contributed by atoms with Gasteiger partial charge in [-0.3, -0.25) is 9.78 Å². The first-order valence-electron chi connectivity index (χ1n) is 10.5. The second-order valence-corrected chi connectivity index (χ2v) is 8.19. The fourth-order valence-electron chi connectivity index (χ4n) is 3.05. The minimum absolute atomic E-state index is 0.223. The minimum Gasteiger partial charge on any atom is -0.490 e. The quantitative estimate of drug-likeness (QED) is 0.370. The second kappa shape index (κ2) is 10.7. The van der Waals surface area contributed by atoms with Crippen LogP contribution in [0.1, 0.15) is 22.8 Å². The zero-order valence-electron chi connectivity index (χ0n) is 18.4. The number of ether oxygens (including phenoxy) is 2. The lowest BCUT2D eigenvalue weighted by molar-refractivity contribution is 0.102. The van der Waals surface area contributed by atoms with Gasteiger partial charge in [0.25, 0.3) is 5.91 Å². The van der Waals surface area contributed by atoms with Crippen LogP contribution in [0.5, 0.6) is 11.5 Å². The first-order chi connectivity index (χ1) is 16.1. The van der Waals surface area contributed by atoms with Crippen LogP contribution in [0.25, 0.3) is 0 Å². The summed E-state index contributed by atoms with van der Waals surface area (Å²) in [6, 6.07) is 16.6. The standard InChI is InChI=1S/C25H24N4O3S/c1-3-31-23-15-19(6-11-22(23)32-17-18-5-4-12-26-16-18)24(30)28-20-7-9-21(10-8-20)33-25-27-13-14-29(25)2/h4-16H,3,17H2,1-2H3,(H,28,30). The molecule has 0 unspecified atom stereocenters. The topological polar surface area (TPSA) is 78.3 Å². The van der Waals surface area contributed by atoms with Crippen LogP contribution in [0.3, 0.4) is 0 Å². The maximum absolute atomic E-state index is 12.8. The third kappa shape index (κ3) is 5.93. The van der Waals surface area contributed by atoms with Gasteiger partial charge >= 0.3 is 0 Å². The molecule has 168 valence electrons. The number of aryl methyl sites for hydroxylation is 1. The molecule has 0 radical (unpaired) electrons. The average molecular weight is 461 g/mol. The van der Waals surface area contributed by atoms with E-state index in [9.17, 15) is 4.79 Å². The molecule has 1 N–H and O–H groups in total. The van der Waals surface area contributed by atoms with Crippen LogP contribution in [-0.2, 0) is 13.7 Å². The first kappa shape index (κ1) is 22.4. The van der Waals surface area contributed by atoms with Crippen molar-refractivity contribution in [1.82, 2.24) is 14.5 Å². The molecule has 0 fully saturated rings. The highest BCUT2D eigenvalue weighted by atomic mass is 32.2. The molecule has 0 saturated heterocycles. The Balaban J connectivity index is 1.41. The number of rotatable bonds is 9. The number of pyridine rings is 1. The van der Waals surface area contributed by atoms with Crippen molar-refractivity contribution in [2.45, 2.75) is 23.6 Å². The van der Waals surface area contributed by atoms with Crippen LogP contribution in [0.2, 0.25) is 0 Å². The van der Waals surface area contributed by atoms with Crippen molar-refractivity contribution in [2.24, 2.45) is 7.05 Å². The number of nitrogens with zero attached hydrogens (tertiary/aromatic N) is 3. The summed E-state index contributed by atoms with van der Waals surface area (Å²) in [6.45, 7) is 2.72. The monoisotopic (exact) mass is 460 g/mol. The Labute approximate surface area is 196 Å². The second-order valence-electron chi connectivity index (χ2n) is 7.15. The Morgan fingerprint density at radius 2 is 1.91 bits per heavy atom. The van der Waals surface area contributed by atoms with Gasteiger partial charge in [-0.05, 0) is 55.5 Å². The Kier molecular flexibility index (Phi) is 7.26. The van der Waals surface area contributed by atoms with E-state index in [1.54, 1.807) is 48.6 Å². The SMILES string of the molecule is CCOc1cc(C(=O)Nc2ccc(Sc3nccn3C)cc2)ccc1OCc1cccnc1. The van der Waals surface area contributed by atoms with Crippen molar-refractivity contribution >= 4 is 23.4 Å². The summed E-state index contributed by atoms with van der Waals surface area (Å²) in [5, 5.41) is 3.83. The maximum atomic E-state index is 12.8. The summed E-state index contributed by atoms with van der Waals surface area (Å²) in [7, 11) is 1.95. The molecule has 1 amide bonds. The molecule has 0 aliphatic rings. The van der Waals surface area contributed by atoms with Crippen molar-refractivity contribution in [1.29, 1.82) is 0 Å². The van der Waals surface area contributed by atoms with E-state index >= 15 is 0 Å². The van der Waals surface area contributed by atoms with E-state index in [0.717, 1.165) is 15.6 Å². The predicted octanol–water partition coefficient (Wildman–Crippen LogP) is 5.20. The Hall–Kier alpha value is -3.78. The van der Waals surface area contributed by atoms with Crippen LogP contribution in [0, 0.1) is 0 Å². The molecule has 0 saturated carbocycles. The van der Waals surface area contributed by atoms with Gasteiger partial charge in [0.1, 0.15) is 6.61 Å². The minimum atomic E-state index is -0.223. The van der Waals surface area contributed by atoms with Gasteiger partial charge in [-0.1, -0.05) is 17.8 Å². The first-order valence-corrected chi connectivity index (χ1v) is 11.3. The number of benzene rings is 2. The number of hydrogen-bond donors (Lipinski definition) is 1. The molecule has 4 aromatic rings. The molecule has 4 rings (SSSR count). The lowest BCUT2D eigenvalue weighted by Gasteiger charge is -2.13. The molecular weight excluding hydrogens is 436 g/mol. The van der Waals surface area contributed by atoms with E-state index in [0.29, 0.717) is 36.0 Å². The Morgan fingerprint density at radius 1 is 1.06 bits per heavy atom. The van der Waals surface area contributed by atoms with Crippen LogP contribution in [0.15, 0.2) is 89.4 Å². The molecule has 0 aliphatic heterocycles. The molecular formula is C25H24N4O3S. The number of hydrogen-bond acceptors (Lipinski definition) is 6. The highest BCUT2D eigenvalue weighted by Crippen LogP contribution is 2.30. The lowest BCUT2D eigenvalue weighted by atomic mass is 10.1. The summed E-state index contributed by atoms with van der Waals surface area (Å²) < 4.78 is 13.6. The van der Waals surface area contributed by atoms with E-state index in [4.69, 9.17) is 9.47 Å². The summed E-state index contributed by atoms with van der Waals surface area (Å²) in [5.41, 5.74) is 2.14. The smallest absolute Gasteiger partial charge is 0.255 e. The Morgan fingerprint density at radius 3 is 2.61 bits per heavy atom. The number of carbonyl (C=O) groups is 1. The number of anilines is 1. The number of aromatic nitrogens is 3. The molecule has 2 aromatic carbocycles. The lowest BCUT2D eigenvalue weighted by Crippen LogP contribution is -2.12. The van der Waals surface area contributed by atoms with Crippen molar-refractivity contribution in [2.75, 3.05) is 11.9 Å². The third-order valence-corrected chi connectivity index (χ3v) is 5.81. The summed E-state index contributed by atoms with van der Waals surface area (Å²) in [6.07, 6.45) is 7.14. The number of amides is 1. The number of carbonyl (C=O) groups excluding carboxylic acids is 1. The molecule has 2 heterocycles. The number of nitrogens with one attached hydrogen (secondary N) is 1. The van der Waals surface area contributed by atoms with Gasteiger partial charge < -0.3 is 19.4 Å². The van der Waals surface area contributed by atoms with Gasteiger partial charge in [-0.15, -0.1) is 0 Å². The van der Waals surface area contributed by atoms with E-state index in [-0.39, 0.29) is 5.91 Å². The summed E-state index contributed by atoms with van der Waals surface area (Å²) in [5.74, 6) is 0.878. The molecule has 0 spiro atoms. The van der Waals surface area contributed by atoms with Gasteiger partial charge in [-0.2, -0.15) is 0 Å². The molecule has 0 bridgehead atoms. The van der Waals surface area contributed by atoms with E-state index in [2.05, 4.69) is 15.3 Å². The summed E-state index contributed by atoms with van der Waals surface area (Å²) in [4.78, 5) is 22.3. The fourth-order valence-corrected chi connectivity index (χ4v) is 3.85. The van der Waals surface area contributed by atoms with Gasteiger partial charge in [0.2, 0.25) is 0 Å². The third-order valence-electron chi connectivity index (χ3n) is 4.72. The van der Waals surface area contributed by atoms with E-state index in [1.165, 1.54) is 0 Å². The van der Waals surface area contributed by atoms with E-state index < -0.39 is 0 Å². The molecule has 33 heavy (non-hydrogen) atoms. The van der Waals surface area contributed by atoms with Crippen molar-refractivity contribution in [3.8, 4) is 11.5 Å². The molecule has 8 heteroatoms. The normalized spacial score (nSPS) is 10.6. The maximum Gasteiger partial charge on any atom is 0.255 e. The highest BCUT2D eigenvalue weighted by molar-refractivity contribution is 7.99. The van der Waals surface area contributed by atoms with Gasteiger partial charge in [-0.25, -0.2) is 4.98 Å². The van der Waals surface area contributed by atoms with Crippen LogP contribution < -0.4 is 14.8 Å². The van der Waals surface area contributed by atoms with E-state index in [1.807, 2.05) is 61.1 Å². The van der Waals surface area contributed by atoms with Gasteiger partial charge in [0.05, 0.1) is 6.61 Å². The van der Waals surface area contributed by atoms with Crippen molar-refractivity contribution in [3.05, 3.63) is 90.5 Å². The van der Waals surface area contributed by atoms with Crippen LogP contribution >= 0.6 is 11.8 Å². The Bertz CT molecular complexity index is 1210. The largest absolute Gasteiger partial charge is 0.490 e. The fraction of sp³-hybridized carbons (Fsp3) is 0.160. The molecule has 7 nitrogen and oxygen atoms in total. The highest BCUT2D eigenvalue weighted by Gasteiger charge is 2.13. The molecule has 0 atom stereocenters. The van der Waals surface area contributed by atoms with Crippen LogP contribution in [-0.4, -0.2) is 27.0 Å². The zero-order valence-corrected chi connectivity index (χ0v) is 19.2. The van der Waals surface area contributed by atoms with Crippen LogP contribution in [0.4, 0.5) is 5.69 Å². The molecule has 0 aliphatic carbocycles. The van der Waals surface area contributed by atoms with Gasteiger partial charge in [0, 0.05) is 53.5 Å². The average Bonchev–Trinajstić information content (AvgIpc) is 3.24.